The SMILES string of the molecule is Cc1cn2nc(NC3CCN(C(=O)CN4CC(C)(C)C4)C3)ccc2n1. The van der Waals surface area contributed by atoms with Gasteiger partial charge in [-0.25, -0.2) is 9.50 Å². The maximum atomic E-state index is 12.5. The number of aromatic nitrogens is 3. The fraction of sp³-hybridized carbons (Fsp3) is 0.611. The number of nitrogens with one attached hydrogen (secondary N) is 1. The second kappa shape index (κ2) is 5.98. The second-order valence-corrected chi connectivity index (χ2v) is 8.18. The summed E-state index contributed by atoms with van der Waals surface area (Å²) in [7, 11) is 0. The molecule has 0 radical (unpaired) electrons. The van der Waals surface area contributed by atoms with Crippen molar-refractivity contribution >= 4 is 17.4 Å². The lowest BCUT2D eigenvalue weighted by atomic mass is 9.84. The summed E-state index contributed by atoms with van der Waals surface area (Å²) in [5.74, 6) is 1.07. The van der Waals surface area contributed by atoms with Crippen LogP contribution in [0.1, 0.15) is 26.0 Å². The Labute approximate surface area is 148 Å². The molecular weight excluding hydrogens is 316 g/mol. The third-order valence-corrected chi connectivity index (χ3v) is 5.00. The molecule has 0 bridgehead atoms. The van der Waals surface area contributed by atoms with Crippen molar-refractivity contribution in [1.29, 1.82) is 0 Å². The van der Waals surface area contributed by atoms with E-state index in [1.54, 1.807) is 4.52 Å². The van der Waals surface area contributed by atoms with E-state index >= 15 is 0 Å². The Morgan fingerprint density at radius 1 is 1.36 bits per heavy atom. The number of aryl methyl sites for hydroxylation is 1. The summed E-state index contributed by atoms with van der Waals surface area (Å²) in [6, 6.07) is 4.17. The number of carbonyl (C=O) groups is 1. The van der Waals surface area contributed by atoms with Crippen molar-refractivity contribution < 1.29 is 4.79 Å². The van der Waals surface area contributed by atoms with Crippen LogP contribution in [-0.4, -0.2) is 69.1 Å². The van der Waals surface area contributed by atoms with Crippen molar-refractivity contribution in [2.24, 2.45) is 5.41 Å². The summed E-state index contributed by atoms with van der Waals surface area (Å²) in [6.07, 6.45) is 2.87. The standard InChI is InChI=1S/C18H26N6O/c1-13-8-24-16(19-13)5-4-15(21-24)20-14-6-7-23(9-14)17(25)10-22-11-18(2,3)12-22/h4-5,8,14H,6-7,9-12H2,1-3H3,(H,20,21). The molecule has 1 unspecified atom stereocenters. The highest BCUT2D eigenvalue weighted by Crippen LogP contribution is 2.28. The van der Waals surface area contributed by atoms with Crippen molar-refractivity contribution in [1.82, 2.24) is 24.4 Å². The zero-order valence-corrected chi connectivity index (χ0v) is 15.2. The molecule has 4 heterocycles. The van der Waals surface area contributed by atoms with E-state index < -0.39 is 0 Å². The number of anilines is 1. The lowest BCUT2D eigenvalue weighted by molar-refractivity contribution is -0.134. The fourth-order valence-electron chi connectivity index (χ4n) is 3.96. The fourth-order valence-corrected chi connectivity index (χ4v) is 3.96. The van der Waals surface area contributed by atoms with Gasteiger partial charge >= 0.3 is 0 Å². The number of carbonyl (C=O) groups excluding carboxylic acids is 1. The first kappa shape index (κ1) is 16.3. The second-order valence-electron chi connectivity index (χ2n) is 8.18. The van der Waals surface area contributed by atoms with Crippen molar-refractivity contribution in [2.75, 3.05) is 38.0 Å². The average Bonchev–Trinajstić information content (AvgIpc) is 3.10. The first-order valence-electron chi connectivity index (χ1n) is 8.98. The van der Waals surface area contributed by atoms with Crippen molar-refractivity contribution in [3.8, 4) is 0 Å². The Balaban J connectivity index is 1.31. The average molecular weight is 342 g/mol. The van der Waals surface area contributed by atoms with Gasteiger partial charge in [0.25, 0.3) is 0 Å². The summed E-state index contributed by atoms with van der Waals surface area (Å²) in [4.78, 5) is 21.1. The molecule has 0 aliphatic carbocycles. The van der Waals surface area contributed by atoms with Gasteiger partial charge in [0, 0.05) is 32.2 Å². The number of amides is 1. The summed E-state index contributed by atoms with van der Waals surface area (Å²) in [6.45, 7) is 10.6. The van der Waals surface area contributed by atoms with Crippen molar-refractivity contribution in [3.05, 3.63) is 24.0 Å². The minimum Gasteiger partial charge on any atom is -0.364 e. The van der Waals surface area contributed by atoms with Crippen LogP contribution in [0.4, 0.5) is 5.82 Å². The minimum atomic E-state index is 0.244. The third kappa shape index (κ3) is 3.46. The van der Waals surface area contributed by atoms with Crippen LogP contribution in [-0.2, 0) is 4.79 Å². The third-order valence-electron chi connectivity index (χ3n) is 5.00. The summed E-state index contributed by atoms with van der Waals surface area (Å²) < 4.78 is 1.79. The van der Waals surface area contributed by atoms with Crippen molar-refractivity contribution in [3.63, 3.8) is 0 Å². The predicted molar refractivity (Wildman–Crippen MR) is 96.6 cm³/mol. The molecule has 0 saturated carbocycles. The molecule has 0 spiro atoms. The van der Waals surface area contributed by atoms with E-state index in [0.717, 1.165) is 49.8 Å². The van der Waals surface area contributed by atoms with E-state index in [1.165, 1.54) is 0 Å². The van der Waals surface area contributed by atoms with E-state index in [0.29, 0.717) is 12.0 Å². The molecule has 2 aliphatic heterocycles. The van der Waals surface area contributed by atoms with Crippen LogP contribution in [0.5, 0.6) is 0 Å². The van der Waals surface area contributed by atoms with E-state index in [9.17, 15) is 4.79 Å². The van der Waals surface area contributed by atoms with Gasteiger partial charge in [-0.2, -0.15) is 0 Å². The number of hydrogen-bond donors (Lipinski definition) is 1. The number of imidazole rings is 1. The van der Waals surface area contributed by atoms with Gasteiger partial charge in [-0.05, 0) is 30.9 Å². The van der Waals surface area contributed by atoms with Gasteiger partial charge in [-0.15, -0.1) is 5.10 Å². The highest BCUT2D eigenvalue weighted by molar-refractivity contribution is 5.78. The molecule has 0 aromatic carbocycles. The predicted octanol–water partition coefficient (Wildman–Crippen LogP) is 1.39. The molecule has 1 atom stereocenters. The molecule has 2 aliphatic rings. The zero-order chi connectivity index (χ0) is 17.6. The Morgan fingerprint density at radius 3 is 2.92 bits per heavy atom. The van der Waals surface area contributed by atoms with E-state index in [2.05, 4.69) is 34.1 Å². The molecule has 25 heavy (non-hydrogen) atoms. The molecule has 7 nitrogen and oxygen atoms in total. The number of likely N-dealkylation sites (tertiary alicyclic amines) is 2. The van der Waals surface area contributed by atoms with Gasteiger partial charge < -0.3 is 10.2 Å². The lowest BCUT2D eigenvalue weighted by Gasteiger charge is -2.45. The Morgan fingerprint density at radius 2 is 2.16 bits per heavy atom. The molecule has 1 amide bonds. The number of nitrogens with zero attached hydrogens (tertiary/aromatic N) is 5. The summed E-state index contributed by atoms with van der Waals surface area (Å²) >= 11 is 0. The maximum absolute atomic E-state index is 12.5. The van der Waals surface area contributed by atoms with Gasteiger partial charge in [0.15, 0.2) is 5.65 Å². The van der Waals surface area contributed by atoms with E-state index in [4.69, 9.17) is 0 Å². The van der Waals surface area contributed by atoms with Gasteiger partial charge in [-0.3, -0.25) is 9.69 Å². The smallest absolute Gasteiger partial charge is 0.236 e. The molecule has 4 rings (SSSR count). The zero-order valence-electron chi connectivity index (χ0n) is 15.2. The number of rotatable bonds is 4. The van der Waals surface area contributed by atoms with Gasteiger partial charge in [0.1, 0.15) is 5.82 Å². The maximum Gasteiger partial charge on any atom is 0.236 e. The highest BCUT2D eigenvalue weighted by Gasteiger charge is 2.36. The Kier molecular flexibility index (Phi) is 3.91. The molecule has 2 fully saturated rings. The normalized spacial score (nSPS) is 23.0. The van der Waals surface area contributed by atoms with Crippen molar-refractivity contribution in [2.45, 2.75) is 33.2 Å². The number of fused-ring (bicyclic) bond motifs is 1. The van der Waals surface area contributed by atoms with Crippen LogP contribution in [0.2, 0.25) is 0 Å². The van der Waals surface area contributed by atoms with E-state index in [-0.39, 0.29) is 11.9 Å². The highest BCUT2D eigenvalue weighted by atomic mass is 16.2. The van der Waals surface area contributed by atoms with Gasteiger partial charge in [0.2, 0.25) is 5.91 Å². The van der Waals surface area contributed by atoms with E-state index in [1.807, 2.05) is 30.2 Å². The van der Waals surface area contributed by atoms with Gasteiger partial charge in [0.05, 0.1) is 18.4 Å². The lowest BCUT2D eigenvalue weighted by Crippen LogP contribution is -2.55. The Bertz CT molecular complexity index is 790. The molecule has 2 saturated heterocycles. The van der Waals surface area contributed by atoms with Crippen LogP contribution in [0, 0.1) is 12.3 Å². The van der Waals surface area contributed by atoms with Crippen LogP contribution < -0.4 is 5.32 Å². The molecule has 2 aromatic rings. The molecule has 134 valence electrons. The minimum absolute atomic E-state index is 0.244. The summed E-state index contributed by atoms with van der Waals surface area (Å²) in [5.41, 5.74) is 2.17. The molecule has 7 heteroatoms. The quantitative estimate of drug-likeness (QED) is 0.910. The largest absolute Gasteiger partial charge is 0.364 e. The first-order chi connectivity index (χ1) is 11.9. The van der Waals surface area contributed by atoms with Gasteiger partial charge in [-0.1, -0.05) is 13.8 Å². The van der Waals surface area contributed by atoms with Crippen LogP contribution in [0.15, 0.2) is 18.3 Å². The molecule has 2 aromatic heterocycles. The Hall–Kier alpha value is -2.15. The van der Waals surface area contributed by atoms with Crippen LogP contribution in [0.25, 0.3) is 5.65 Å². The molecule has 1 N–H and O–H groups in total. The van der Waals surface area contributed by atoms with Crippen LogP contribution in [0.3, 0.4) is 0 Å². The topological polar surface area (TPSA) is 65.8 Å². The summed E-state index contributed by atoms with van der Waals surface area (Å²) in [5, 5.41) is 8.00. The number of hydrogen-bond acceptors (Lipinski definition) is 5. The molecular formula is C18H26N6O. The monoisotopic (exact) mass is 342 g/mol. The first-order valence-corrected chi connectivity index (χ1v) is 8.98. The van der Waals surface area contributed by atoms with Crippen LogP contribution >= 0.6 is 0 Å².